The van der Waals surface area contributed by atoms with Gasteiger partial charge >= 0.3 is 0 Å². The summed E-state index contributed by atoms with van der Waals surface area (Å²) in [5, 5.41) is 9.00. The van der Waals surface area contributed by atoms with Gasteiger partial charge in [0.2, 0.25) is 10.0 Å². The van der Waals surface area contributed by atoms with Crippen molar-refractivity contribution in [2.75, 3.05) is 19.6 Å². The average molecular weight is 436 g/mol. The molecular formula is C20H22ClN3O4S. The van der Waals surface area contributed by atoms with E-state index in [0.717, 1.165) is 19.3 Å². The molecule has 0 unspecified atom stereocenters. The summed E-state index contributed by atoms with van der Waals surface area (Å²) in [6, 6.07) is 9.74. The van der Waals surface area contributed by atoms with Crippen molar-refractivity contribution in [1.29, 1.82) is 5.26 Å². The number of nitriles is 1. The summed E-state index contributed by atoms with van der Waals surface area (Å²) in [7, 11) is -3.78. The Kier molecular flexibility index (Phi) is 6.96. The van der Waals surface area contributed by atoms with Crippen LogP contribution in [0.3, 0.4) is 0 Å². The van der Waals surface area contributed by atoms with Gasteiger partial charge in [-0.1, -0.05) is 18.0 Å². The third-order valence-electron chi connectivity index (χ3n) is 4.82. The number of piperidine rings is 1. The lowest BCUT2D eigenvalue weighted by molar-refractivity contribution is 0.0735. The Balaban J connectivity index is 1.90. The fourth-order valence-electron chi connectivity index (χ4n) is 3.29. The minimum Gasteiger partial charge on any atom is -0.467 e. The molecule has 0 N–H and O–H groups in total. The number of benzene rings is 1. The van der Waals surface area contributed by atoms with Crippen LogP contribution < -0.4 is 0 Å². The van der Waals surface area contributed by atoms with E-state index in [2.05, 4.69) is 0 Å². The zero-order valence-corrected chi connectivity index (χ0v) is 17.5. The van der Waals surface area contributed by atoms with Crippen LogP contribution in [0.5, 0.6) is 0 Å². The Bertz CT molecular complexity index is 993. The van der Waals surface area contributed by atoms with Crippen LogP contribution in [0.1, 0.15) is 41.8 Å². The summed E-state index contributed by atoms with van der Waals surface area (Å²) in [5.74, 6) is 0.190. The second-order valence-electron chi connectivity index (χ2n) is 6.82. The molecule has 1 amide bonds. The molecule has 2 heterocycles. The first-order valence-electron chi connectivity index (χ1n) is 9.42. The van der Waals surface area contributed by atoms with E-state index in [1.165, 1.54) is 33.7 Å². The topological polar surface area (TPSA) is 94.6 Å². The summed E-state index contributed by atoms with van der Waals surface area (Å²) in [5.41, 5.74) is 0.203. The van der Waals surface area contributed by atoms with Crippen molar-refractivity contribution in [3.63, 3.8) is 0 Å². The number of nitrogens with zero attached hydrogens (tertiary/aromatic N) is 3. The second kappa shape index (κ2) is 9.44. The van der Waals surface area contributed by atoms with E-state index < -0.39 is 10.0 Å². The van der Waals surface area contributed by atoms with Gasteiger partial charge in [-0.2, -0.15) is 9.57 Å². The number of hydrogen-bond donors (Lipinski definition) is 0. The van der Waals surface area contributed by atoms with Crippen LogP contribution in [-0.4, -0.2) is 43.2 Å². The summed E-state index contributed by atoms with van der Waals surface area (Å²) < 4.78 is 32.8. The number of rotatable bonds is 7. The molecule has 1 saturated heterocycles. The van der Waals surface area contributed by atoms with Gasteiger partial charge in [0.05, 0.1) is 30.3 Å². The van der Waals surface area contributed by atoms with Crippen LogP contribution in [0.15, 0.2) is 45.9 Å². The van der Waals surface area contributed by atoms with Gasteiger partial charge in [0.25, 0.3) is 5.91 Å². The Morgan fingerprint density at radius 2 is 2.00 bits per heavy atom. The molecule has 29 heavy (non-hydrogen) atoms. The van der Waals surface area contributed by atoms with Crippen molar-refractivity contribution < 1.29 is 17.6 Å². The average Bonchev–Trinajstić information content (AvgIpc) is 3.24. The fraction of sp³-hybridized carbons (Fsp3) is 0.400. The normalized spacial score (nSPS) is 15.0. The highest BCUT2D eigenvalue weighted by molar-refractivity contribution is 7.89. The van der Waals surface area contributed by atoms with Crippen LogP contribution in [-0.2, 0) is 16.6 Å². The van der Waals surface area contributed by atoms with Gasteiger partial charge in [-0.25, -0.2) is 8.42 Å². The fourth-order valence-corrected chi connectivity index (χ4v) is 5.31. The summed E-state index contributed by atoms with van der Waals surface area (Å²) >= 11 is 6.19. The van der Waals surface area contributed by atoms with Crippen molar-refractivity contribution in [2.24, 2.45) is 0 Å². The number of furan rings is 1. The molecule has 1 fully saturated rings. The number of halogens is 1. The lowest BCUT2D eigenvalue weighted by Crippen LogP contribution is -2.36. The van der Waals surface area contributed by atoms with Crippen molar-refractivity contribution >= 4 is 27.5 Å². The number of carbonyl (C=O) groups is 1. The molecule has 1 aromatic heterocycles. The summed E-state index contributed by atoms with van der Waals surface area (Å²) in [4.78, 5) is 14.5. The first-order valence-corrected chi connectivity index (χ1v) is 11.2. The van der Waals surface area contributed by atoms with Crippen LogP contribution in [0, 0.1) is 11.3 Å². The smallest absolute Gasteiger partial charge is 0.254 e. The number of sulfonamides is 1. The van der Waals surface area contributed by atoms with Crippen molar-refractivity contribution in [3.8, 4) is 6.07 Å². The highest BCUT2D eigenvalue weighted by Gasteiger charge is 2.29. The molecule has 0 aliphatic carbocycles. The molecule has 0 atom stereocenters. The Morgan fingerprint density at radius 3 is 2.66 bits per heavy atom. The molecule has 0 bridgehead atoms. The minimum absolute atomic E-state index is 0.0647. The van der Waals surface area contributed by atoms with Gasteiger partial charge in [-0.15, -0.1) is 0 Å². The van der Waals surface area contributed by atoms with Gasteiger partial charge in [0.1, 0.15) is 10.7 Å². The van der Waals surface area contributed by atoms with Crippen LogP contribution in [0.25, 0.3) is 0 Å². The molecule has 0 spiro atoms. The van der Waals surface area contributed by atoms with E-state index in [1.54, 1.807) is 12.1 Å². The highest BCUT2D eigenvalue weighted by Crippen LogP contribution is 2.28. The Hall–Kier alpha value is -2.34. The van der Waals surface area contributed by atoms with E-state index in [-0.39, 0.29) is 40.9 Å². The zero-order chi connectivity index (χ0) is 20.9. The molecule has 3 rings (SSSR count). The van der Waals surface area contributed by atoms with Gasteiger partial charge in [-0.05, 0) is 43.2 Å². The monoisotopic (exact) mass is 435 g/mol. The molecule has 9 heteroatoms. The molecule has 0 radical (unpaired) electrons. The highest BCUT2D eigenvalue weighted by atomic mass is 35.5. The predicted molar refractivity (Wildman–Crippen MR) is 108 cm³/mol. The molecular weight excluding hydrogens is 414 g/mol. The Labute approximate surface area is 175 Å². The van der Waals surface area contributed by atoms with Crippen molar-refractivity contribution in [2.45, 2.75) is 37.1 Å². The number of carbonyl (C=O) groups excluding carboxylic acids is 1. The first kappa shape index (κ1) is 21.4. The maximum absolute atomic E-state index is 13.1. The minimum atomic E-state index is -3.78. The lowest BCUT2D eigenvalue weighted by atomic mass is 10.2. The van der Waals surface area contributed by atoms with E-state index in [0.29, 0.717) is 18.8 Å². The lowest BCUT2D eigenvalue weighted by Gasteiger charge is -2.26. The molecule has 1 aliphatic heterocycles. The molecule has 1 aliphatic rings. The van der Waals surface area contributed by atoms with Crippen LogP contribution >= 0.6 is 11.6 Å². The zero-order valence-electron chi connectivity index (χ0n) is 15.9. The van der Waals surface area contributed by atoms with Crippen molar-refractivity contribution in [3.05, 3.63) is 52.9 Å². The maximum Gasteiger partial charge on any atom is 0.254 e. The molecule has 154 valence electrons. The van der Waals surface area contributed by atoms with Gasteiger partial charge in [-0.3, -0.25) is 4.79 Å². The van der Waals surface area contributed by atoms with Crippen LogP contribution in [0.2, 0.25) is 5.02 Å². The van der Waals surface area contributed by atoms with E-state index in [4.69, 9.17) is 21.3 Å². The SMILES string of the molecule is N#CCCN(Cc1ccco1)C(=O)c1ccc(Cl)c(S(=O)(=O)N2CCCCC2)c1. The maximum atomic E-state index is 13.1. The van der Waals surface area contributed by atoms with Gasteiger partial charge < -0.3 is 9.32 Å². The largest absolute Gasteiger partial charge is 0.467 e. The number of hydrogen-bond acceptors (Lipinski definition) is 5. The van der Waals surface area contributed by atoms with Crippen LogP contribution in [0.4, 0.5) is 0 Å². The van der Waals surface area contributed by atoms with E-state index in [9.17, 15) is 13.2 Å². The second-order valence-corrected chi connectivity index (χ2v) is 9.14. The quantitative estimate of drug-likeness (QED) is 0.661. The Morgan fingerprint density at radius 1 is 1.24 bits per heavy atom. The molecule has 2 aromatic rings. The molecule has 0 saturated carbocycles. The van der Waals surface area contributed by atoms with Crippen molar-refractivity contribution in [1.82, 2.24) is 9.21 Å². The third kappa shape index (κ3) is 4.99. The van der Waals surface area contributed by atoms with E-state index in [1.807, 2.05) is 6.07 Å². The third-order valence-corrected chi connectivity index (χ3v) is 7.20. The van der Waals surface area contributed by atoms with E-state index >= 15 is 0 Å². The summed E-state index contributed by atoms with van der Waals surface area (Å²) in [6.45, 7) is 1.28. The molecule has 7 nitrogen and oxygen atoms in total. The summed E-state index contributed by atoms with van der Waals surface area (Å²) in [6.07, 6.45) is 4.27. The first-order chi connectivity index (χ1) is 13.9. The predicted octanol–water partition coefficient (Wildman–Crippen LogP) is 3.66. The van der Waals surface area contributed by atoms with Gasteiger partial charge in [0, 0.05) is 25.2 Å². The molecule has 1 aromatic carbocycles. The number of amides is 1. The van der Waals surface area contributed by atoms with Gasteiger partial charge in [0.15, 0.2) is 0 Å². The standard InChI is InChI=1S/C20H22ClN3O4S/c21-18-8-7-16(14-19(18)29(26,27)24-11-2-1-3-12-24)20(25)23(10-5-9-22)15-17-6-4-13-28-17/h4,6-8,13-14H,1-3,5,10-12,15H2.